The molecule has 0 aromatic heterocycles. The summed E-state index contributed by atoms with van der Waals surface area (Å²) in [6.07, 6.45) is 2.37. The van der Waals surface area contributed by atoms with Crippen molar-refractivity contribution in [1.29, 1.82) is 0 Å². The molecular weight excluding hydrogens is 481 g/mol. The third-order valence-corrected chi connectivity index (χ3v) is 6.68. The van der Waals surface area contributed by atoms with Gasteiger partial charge in [-0.05, 0) is 53.8 Å². The van der Waals surface area contributed by atoms with Crippen molar-refractivity contribution >= 4 is 13.7 Å². The van der Waals surface area contributed by atoms with Crippen LogP contribution >= 0.6 is 8.03 Å². The number of para-hydroxylation sites is 1. The molecule has 0 aliphatic heterocycles. The molecule has 3 aromatic carbocycles. The van der Waals surface area contributed by atoms with Gasteiger partial charge >= 0.3 is 8.03 Å². The van der Waals surface area contributed by atoms with E-state index in [-0.39, 0.29) is 24.7 Å². The van der Waals surface area contributed by atoms with Crippen molar-refractivity contribution in [3.8, 4) is 23.0 Å². The van der Waals surface area contributed by atoms with Gasteiger partial charge in [0.15, 0.2) is 0 Å². The van der Waals surface area contributed by atoms with E-state index in [0.717, 1.165) is 24.1 Å². The van der Waals surface area contributed by atoms with Gasteiger partial charge in [0.05, 0.1) is 18.8 Å². The number of phenols is 2. The summed E-state index contributed by atoms with van der Waals surface area (Å²) in [7, 11) is -2.61. The minimum atomic E-state index is -2.61. The summed E-state index contributed by atoms with van der Waals surface area (Å²) in [5.74, 6) is 1.22. The van der Waals surface area contributed by atoms with Crippen molar-refractivity contribution in [2.45, 2.75) is 38.5 Å². The van der Waals surface area contributed by atoms with E-state index in [1.54, 1.807) is 30.3 Å². The highest BCUT2D eigenvalue weighted by atomic mass is 31.1. The maximum atomic E-state index is 12.0. The molecule has 0 heterocycles. The Kier molecular flexibility index (Phi) is 10.4. The molecule has 0 aliphatic carbocycles. The maximum absolute atomic E-state index is 12.0. The molecule has 3 rings (SSSR count). The van der Waals surface area contributed by atoms with E-state index in [1.165, 1.54) is 12.1 Å². The monoisotopic (exact) mass is 514 g/mol. The number of aliphatic hydroxyl groups excluding tert-OH is 1. The van der Waals surface area contributed by atoms with Crippen LogP contribution in [-0.4, -0.2) is 40.0 Å². The lowest BCUT2D eigenvalue weighted by molar-refractivity contribution is 0.272. The summed E-state index contributed by atoms with van der Waals surface area (Å²) in [6, 6.07) is 17.0. The van der Waals surface area contributed by atoms with Gasteiger partial charge in [-0.2, -0.15) is 4.89 Å². The first kappa shape index (κ1) is 27.3. The van der Waals surface area contributed by atoms with Crippen molar-refractivity contribution in [2.75, 3.05) is 25.1 Å². The zero-order chi connectivity index (χ0) is 25.9. The van der Waals surface area contributed by atoms with E-state index in [4.69, 9.17) is 9.47 Å². The Morgan fingerprint density at radius 3 is 2.53 bits per heavy atom. The van der Waals surface area contributed by atoms with Gasteiger partial charge in [-0.25, -0.2) is 0 Å². The third kappa shape index (κ3) is 7.34. The molecule has 8 nitrogen and oxygen atoms in total. The van der Waals surface area contributed by atoms with Crippen molar-refractivity contribution < 1.29 is 34.3 Å². The van der Waals surface area contributed by atoms with Gasteiger partial charge in [-0.1, -0.05) is 37.6 Å². The number of phenolic OH excluding ortho intramolecular Hbond substituents is 1. The molecule has 192 valence electrons. The highest BCUT2D eigenvalue weighted by molar-refractivity contribution is 7.38. The number of rotatable bonds is 14. The minimum absolute atomic E-state index is 0.0326. The molecule has 0 fully saturated rings. The molecule has 9 heteroatoms. The third-order valence-electron chi connectivity index (χ3n) is 5.72. The molecule has 5 N–H and O–H groups in total. The van der Waals surface area contributed by atoms with Gasteiger partial charge in [0, 0.05) is 23.4 Å². The molecule has 0 amide bonds. The summed E-state index contributed by atoms with van der Waals surface area (Å²) in [5, 5.41) is 32.5. The first-order chi connectivity index (χ1) is 17.4. The number of nitrogens with one attached hydrogen (secondary N) is 1. The normalized spacial score (nSPS) is 12.1. The molecule has 0 saturated carbocycles. The van der Waals surface area contributed by atoms with Crippen molar-refractivity contribution in [3.05, 3.63) is 77.4 Å². The number of ether oxygens (including phenoxy) is 2. The van der Waals surface area contributed by atoms with Crippen LogP contribution in [0.3, 0.4) is 0 Å². The SMILES string of the molecule is CCCc1c(NCCCOc2ccc(O)c(CO)c2)cccc1OCC(c1ccccc1O)[P+](=O)O. The first-order valence-electron chi connectivity index (χ1n) is 11.9. The topological polar surface area (TPSA) is 128 Å². The van der Waals surface area contributed by atoms with Gasteiger partial charge in [0.25, 0.3) is 0 Å². The highest BCUT2D eigenvalue weighted by Crippen LogP contribution is 2.42. The lowest BCUT2D eigenvalue weighted by Crippen LogP contribution is -2.12. The lowest BCUT2D eigenvalue weighted by atomic mass is 10.1. The average Bonchev–Trinajstić information content (AvgIpc) is 2.87. The maximum Gasteiger partial charge on any atom is 0.517 e. The molecule has 0 spiro atoms. The quantitative estimate of drug-likeness (QED) is 0.145. The van der Waals surface area contributed by atoms with Gasteiger partial charge in [0.1, 0.15) is 29.6 Å². The molecule has 0 aliphatic rings. The van der Waals surface area contributed by atoms with Crippen LogP contribution in [0.25, 0.3) is 0 Å². The molecule has 2 unspecified atom stereocenters. The van der Waals surface area contributed by atoms with Gasteiger partial charge in [-0.3, -0.25) is 0 Å². The first-order valence-corrected chi connectivity index (χ1v) is 13.2. The van der Waals surface area contributed by atoms with Crippen LogP contribution in [0.4, 0.5) is 5.69 Å². The fraction of sp³-hybridized carbons (Fsp3) is 0.333. The largest absolute Gasteiger partial charge is 0.517 e. The standard InChI is InChI=1S/C27H32NO7P/c1-2-7-21-23(28-14-6-15-34-20-12-13-24(30)19(16-20)17-29)9-5-11-26(21)35-18-27(36(32)33)22-8-3-4-10-25(22)31/h3-5,8-13,16,27-29H,2,6-7,14-15,17-18H2,1H3,(H2-,30,31,32,33)/p+1. The van der Waals surface area contributed by atoms with E-state index in [9.17, 15) is 24.8 Å². The van der Waals surface area contributed by atoms with Crippen LogP contribution in [-0.2, 0) is 17.6 Å². The fourth-order valence-corrected chi connectivity index (χ4v) is 4.51. The van der Waals surface area contributed by atoms with Crippen molar-refractivity contribution in [2.24, 2.45) is 0 Å². The van der Waals surface area contributed by atoms with Crippen molar-refractivity contribution in [3.63, 3.8) is 0 Å². The van der Waals surface area contributed by atoms with Gasteiger partial charge in [-0.15, -0.1) is 0 Å². The lowest BCUT2D eigenvalue weighted by Gasteiger charge is -2.17. The number of benzene rings is 3. The molecule has 3 aromatic rings. The number of hydrogen-bond donors (Lipinski definition) is 5. The Labute approximate surface area is 212 Å². The highest BCUT2D eigenvalue weighted by Gasteiger charge is 2.34. The summed E-state index contributed by atoms with van der Waals surface area (Å²) >= 11 is 0. The van der Waals surface area contributed by atoms with Crippen LogP contribution in [0.5, 0.6) is 23.0 Å². The zero-order valence-electron chi connectivity index (χ0n) is 20.3. The predicted octanol–water partition coefficient (Wildman–Crippen LogP) is 5.28. The second kappa shape index (κ2) is 13.7. The van der Waals surface area contributed by atoms with Gasteiger partial charge in [0.2, 0.25) is 5.66 Å². The average molecular weight is 515 g/mol. The molecule has 0 saturated heterocycles. The summed E-state index contributed by atoms with van der Waals surface area (Å²) in [6.45, 7) is 2.87. The molecule has 0 radical (unpaired) electrons. The van der Waals surface area contributed by atoms with E-state index < -0.39 is 13.7 Å². The smallest absolute Gasteiger partial charge is 0.508 e. The van der Waals surface area contributed by atoms with Crippen LogP contribution in [0, 0.1) is 0 Å². The van der Waals surface area contributed by atoms with E-state index >= 15 is 0 Å². The fourth-order valence-electron chi connectivity index (χ4n) is 3.85. The van der Waals surface area contributed by atoms with Crippen molar-refractivity contribution in [1.82, 2.24) is 0 Å². The molecule has 0 bridgehead atoms. The Balaban J connectivity index is 1.61. The van der Waals surface area contributed by atoms with E-state index in [1.807, 2.05) is 18.2 Å². The van der Waals surface area contributed by atoms with Crippen LogP contribution in [0.1, 0.15) is 42.1 Å². The van der Waals surface area contributed by atoms with E-state index in [2.05, 4.69) is 12.2 Å². The number of hydrogen-bond acceptors (Lipinski definition) is 7. The Morgan fingerprint density at radius 1 is 1.00 bits per heavy atom. The van der Waals surface area contributed by atoms with E-state index in [0.29, 0.717) is 42.2 Å². The van der Waals surface area contributed by atoms with Crippen LogP contribution < -0.4 is 14.8 Å². The number of aromatic hydroxyl groups is 2. The zero-order valence-corrected chi connectivity index (χ0v) is 21.2. The van der Waals surface area contributed by atoms with Gasteiger partial charge < -0.3 is 30.1 Å². The minimum Gasteiger partial charge on any atom is -0.508 e. The summed E-state index contributed by atoms with van der Waals surface area (Å²) in [5.41, 5.74) is 1.86. The molecule has 36 heavy (non-hydrogen) atoms. The summed E-state index contributed by atoms with van der Waals surface area (Å²) in [4.78, 5) is 9.86. The molecule has 2 atom stereocenters. The van der Waals surface area contributed by atoms with Crippen LogP contribution in [0.2, 0.25) is 0 Å². The molecular formula is C27H33NO7P+. The predicted molar refractivity (Wildman–Crippen MR) is 139 cm³/mol. The Hall–Kier alpha value is -3.32. The van der Waals surface area contributed by atoms with Crippen LogP contribution in [0.15, 0.2) is 60.7 Å². The Morgan fingerprint density at radius 2 is 1.81 bits per heavy atom. The second-order valence-electron chi connectivity index (χ2n) is 8.30. The second-order valence-corrected chi connectivity index (χ2v) is 9.53. The number of aliphatic hydroxyl groups is 1. The number of anilines is 1. The summed E-state index contributed by atoms with van der Waals surface area (Å²) < 4.78 is 23.8. The Bertz CT molecular complexity index is 1150.